The van der Waals surface area contributed by atoms with E-state index in [4.69, 9.17) is 16.3 Å². The fourth-order valence-electron chi connectivity index (χ4n) is 1.89. The van der Waals surface area contributed by atoms with E-state index in [0.29, 0.717) is 29.4 Å². The molecule has 4 nitrogen and oxygen atoms in total. The lowest BCUT2D eigenvalue weighted by atomic mass is 10.2. The van der Waals surface area contributed by atoms with Gasteiger partial charge in [-0.2, -0.15) is 0 Å². The number of benzene rings is 1. The van der Waals surface area contributed by atoms with Crippen LogP contribution in [0.4, 0.5) is 5.69 Å². The van der Waals surface area contributed by atoms with Crippen LogP contribution >= 0.6 is 11.6 Å². The fourth-order valence-corrected chi connectivity index (χ4v) is 2.05. The zero-order chi connectivity index (χ0) is 14.5. The first-order valence-corrected chi connectivity index (χ1v) is 6.72. The standard InChI is InChI=1S/C15H17ClN2O2/c1-11-9-13(14(20-2)10-12(11)16)17-15(19)5-8-18-6-3-4-7-18/h3-4,6-7,9-10H,5,8H2,1-2H3,(H,17,19). The molecule has 0 fully saturated rings. The number of anilines is 1. The third-order valence-electron chi connectivity index (χ3n) is 3.02. The van der Waals surface area contributed by atoms with Gasteiger partial charge in [-0.1, -0.05) is 11.6 Å². The Labute approximate surface area is 123 Å². The minimum atomic E-state index is -0.0567. The Hall–Kier alpha value is -1.94. The molecule has 5 heteroatoms. The molecule has 0 aliphatic heterocycles. The molecule has 1 heterocycles. The Balaban J connectivity index is 2.01. The fraction of sp³-hybridized carbons (Fsp3) is 0.267. The lowest BCUT2D eigenvalue weighted by molar-refractivity contribution is -0.116. The van der Waals surface area contributed by atoms with Crippen molar-refractivity contribution in [3.05, 3.63) is 47.2 Å². The molecular weight excluding hydrogens is 276 g/mol. The lowest BCUT2D eigenvalue weighted by Crippen LogP contribution is -2.14. The Bertz CT molecular complexity index is 594. The molecule has 0 atom stereocenters. The van der Waals surface area contributed by atoms with Crippen molar-refractivity contribution in [2.24, 2.45) is 0 Å². The number of aromatic nitrogens is 1. The number of carbonyl (C=O) groups is 1. The Morgan fingerprint density at radius 3 is 2.70 bits per heavy atom. The highest BCUT2D eigenvalue weighted by Crippen LogP contribution is 2.30. The predicted octanol–water partition coefficient (Wildman–Crippen LogP) is 3.49. The molecular formula is C15H17ClN2O2. The number of ether oxygens (including phenoxy) is 1. The maximum absolute atomic E-state index is 12.0. The number of carbonyl (C=O) groups excluding carboxylic acids is 1. The van der Waals surface area contributed by atoms with Crippen molar-refractivity contribution in [1.29, 1.82) is 0 Å². The van der Waals surface area contributed by atoms with Crippen molar-refractivity contribution >= 4 is 23.2 Å². The second-order valence-corrected chi connectivity index (χ2v) is 4.93. The molecule has 0 spiro atoms. The van der Waals surface area contributed by atoms with Gasteiger partial charge < -0.3 is 14.6 Å². The summed E-state index contributed by atoms with van der Waals surface area (Å²) in [6, 6.07) is 7.39. The Morgan fingerprint density at radius 2 is 2.05 bits per heavy atom. The summed E-state index contributed by atoms with van der Waals surface area (Å²) in [6.07, 6.45) is 4.26. The molecule has 0 saturated carbocycles. The molecule has 0 aliphatic rings. The number of nitrogens with one attached hydrogen (secondary N) is 1. The Morgan fingerprint density at radius 1 is 1.35 bits per heavy atom. The number of aryl methyl sites for hydroxylation is 2. The molecule has 106 valence electrons. The summed E-state index contributed by atoms with van der Waals surface area (Å²) < 4.78 is 7.19. The lowest BCUT2D eigenvalue weighted by Gasteiger charge is -2.12. The molecule has 0 bridgehead atoms. The molecule has 1 amide bonds. The summed E-state index contributed by atoms with van der Waals surface area (Å²) in [5.41, 5.74) is 1.54. The SMILES string of the molecule is COc1cc(Cl)c(C)cc1NC(=O)CCn1cccc1. The first kappa shape index (κ1) is 14.5. The quantitative estimate of drug-likeness (QED) is 0.917. The van der Waals surface area contributed by atoms with Gasteiger partial charge in [-0.05, 0) is 30.7 Å². The van der Waals surface area contributed by atoms with Crippen LogP contribution in [0.5, 0.6) is 5.75 Å². The van der Waals surface area contributed by atoms with Crippen molar-refractivity contribution in [2.75, 3.05) is 12.4 Å². The summed E-state index contributed by atoms with van der Waals surface area (Å²) in [7, 11) is 1.55. The molecule has 1 N–H and O–H groups in total. The largest absolute Gasteiger partial charge is 0.495 e. The zero-order valence-electron chi connectivity index (χ0n) is 11.5. The minimum absolute atomic E-state index is 0.0567. The van der Waals surface area contributed by atoms with E-state index in [1.807, 2.05) is 42.1 Å². The summed E-state index contributed by atoms with van der Waals surface area (Å²) in [4.78, 5) is 12.0. The molecule has 2 aromatic rings. The van der Waals surface area contributed by atoms with Crippen LogP contribution in [-0.2, 0) is 11.3 Å². The zero-order valence-corrected chi connectivity index (χ0v) is 12.3. The highest BCUT2D eigenvalue weighted by atomic mass is 35.5. The average Bonchev–Trinajstić information content (AvgIpc) is 2.93. The molecule has 1 aromatic heterocycles. The third-order valence-corrected chi connectivity index (χ3v) is 3.43. The Kier molecular flexibility index (Phi) is 4.69. The predicted molar refractivity (Wildman–Crippen MR) is 80.4 cm³/mol. The van der Waals surface area contributed by atoms with Gasteiger partial charge in [0, 0.05) is 36.4 Å². The van der Waals surface area contributed by atoms with E-state index in [2.05, 4.69) is 5.32 Å². The monoisotopic (exact) mass is 292 g/mol. The highest BCUT2D eigenvalue weighted by Gasteiger charge is 2.10. The van der Waals surface area contributed by atoms with E-state index in [-0.39, 0.29) is 5.91 Å². The van der Waals surface area contributed by atoms with Gasteiger partial charge in [-0.15, -0.1) is 0 Å². The van der Waals surface area contributed by atoms with Crippen LogP contribution in [0.3, 0.4) is 0 Å². The third kappa shape index (κ3) is 3.54. The highest BCUT2D eigenvalue weighted by molar-refractivity contribution is 6.31. The average molecular weight is 293 g/mol. The van der Waals surface area contributed by atoms with Crippen LogP contribution in [0.25, 0.3) is 0 Å². The number of amides is 1. The normalized spacial score (nSPS) is 10.3. The molecule has 0 unspecified atom stereocenters. The summed E-state index contributed by atoms with van der Waals surface area (Å²) >= 11 is 6.03. The van der Waals surface area contributed by atoms with Crippen molar-refractivity contribution in [2.45, 2.75) is 19.9 Å². The molecule has 0 saturated heterocycles. The number of methoxy groups -OCH3 is 1. The van der Waals surface area contributed by atoms with Crippen molar-refractivity contribution < 1.29 is 9.53 Å². The summed E-state index contributed by atoms with van der Waals surface area (Å²) in [5.74, 6) is 0.508. The second kappa shape index (κ2) is 6.48. The number of hydrogen-bond donors (Lipinski definition) is 1. The number of hydrogen-bond acceptors (Lipinski definition) is 2. The van der Waals surface area contributed by atoms with Crippen LogP contribution in [-0.4, -0.2) is 17.6 Å². The van der Waals surface area contributed by atoms with Crippen molar-refractivity contribution in [3.63, 3.8) is 0 Å². The van der Waals surface area contributed by atoms with Gasteiger partial charge in [0.25, 0.3) is 0 Å². The first-order valence-electron chi connectivity index (χ1n) is 6.35. The van der Waals surface area contributed by atoms with Crippen LogP contribution in [0, 0.1) is 6.92 Å². The number of rotatable bonds is 5. The van der Waals surface area contributed by atoms with Crippen LogP contribution in [0.1, 0.15) is 12.0 Å². The number of nitrogens with zero attached hydrogens (tertiary/aromatic N) is 1. The maximum atomic E-state index is 12.0. The van der Waals surface area contributed by atoms with Crippen LogP contribution in [0.2, 0.25) is 5.02 Å². The molecule has 2 rings (SSSR count). The van der Waals surface area contributed by atoms with Crippen LogP contribution in [0.15, 0.2) is 36.7 Å². The van der Waals surface area contributed by atoms with Gasteiger partial charge in [0.05, 0.1) is 12.8 Å². The molecule has 1 aromatic carbocycles. The van der Waals surface area contributed by atoms with Crippen molar-refractivity contribution in [1.82, 2.24) is 4.57 Å². The second-order valence-electron chi connectivity index (χ2n) is 4.52. The van der Waals surface area contributed by atoms with E-state index in [1.54, 1.807) is 13.2 Å². The van der Waals surface area contributed by atoms with Crippen molar-refractivity contribution in [3.8, 4) is 5.75 Å². The van der Waals surface area contributed by atoms with Gasteiger partial charge in [0.2, 0.25) is 5.91 Å². The minimum Gasteiger partial charge on any atom is -0.495 e. The summed E-state index contributed by atoms with van der Waals surface area (Å²) in [5, 5.41) is 3.47. The smallest absolute Gasteiger partial charge is 0.226 e. The van der Waals surface area contributed by atoms with Gasteiger partial charge >= 0.3 is 0 Å². The topological polar surface area (TPSA) is 43.3 Å². The molecule has 20 heavy (non-hydrogen) atoms. The van der Waals surface area contributed by atoms with Gasteiger partial charge in [-0.3, -0.25) is 4.79 Å². The van der Waals surface area contributed by atoms with Gasteiger partial charge in [-0.25, -0.2) is 0 Å². The first-order chi connectivity index (χ1) is 9.60. The van der Waals surface area contributed by atoms with Gasteiger partial charge in [0.1, 0.15) is 5.75 Å². The molecule has 0 radical (unpaired) electrons. The maximum Gasteiger partial charge on any atom is 0.226 e. The van der Waals surface area contributed by atoms with Crippen LogP contribution < -0.4 is 10.1 Å². The van der Waals surface area contributed by atoms with E-state index in [0.717, 1.165) is 5.56 Å². The van der Waals surface area contributed by atoms with E-state index in [9.17, 15) is 4.79 Å². The van der Waals surface area contributed by atoms with E-state index < -0.39 is 0 Å². The molecule has 0 aliphatic carbocycles. The van der Waals surface area contributed by atoms with E-state index in [1.165, 1.54) is 0 Å². The van der Waals surface area contributed by atoms with Gasteiger partial charge in [0.15, 0.2) is 0 Å². The van der Waals surface area contributed by atoms with E-state index >= 15 is 0 Å². The summed E-state index contributed by atoms with van der Waals surface area (Å²) in [6.45, 7) is 2.53. The number of halogens is 1.